The molecule has 1 aliphatic carbocycles. The molecule has 0 saturated carbocycles. The summed E-state index contributed by atoms with van der Waals surface area (Å²) in [7, 11) is 0. The summed E-state index contributed by atoms with van der Waals surface area (Å²) in [4.78, 5) is 0. The molecule has 0 heterocycles. The minimum Gasteiger partial charge on any atom is -0.263 e. The van der Waals surface area contributed by atoms with Gasteiger partial charge in [-0.1, -0.05) is 33.1 Å². The van der Waals surface area contributed by atoms with E-state index in [9.17, 15) is 0 Å². The van der Waals surface area contributed by atoms with Crippen LogP contribution in [0, 0.1) is 17.6 Å². The molecular formula is C16H20Hf-2. The molecule has 90 valence electrons. The molecule has 1 heteroatoms. The second-order valence-corrected chi connectivity index (χ2v) is 4.70. The van der Waals surface area contributed by atoms with E-state index >= 15 is 0 Å². The quantitative estimate of drug-likeness (QED) is 0.449. The monoisotopic (exact) mass is 392 g/mol. The molecule has 2 rings (SSSR count). The minimum atomic E-state index is 0. The summed E-state index contributed by atoms with van der Waals surface area (Å²) < 4.78 is 0. The zero-order valence-electron chi connectivity index (χ0n) is 11.4. The van der Waals surface area contributed by atoms with Crippen LogP contribution >= 0.6 is 0 Å². The predicted octanol–water partition coefficient (Wildman–Crippen LogP) is 4.60. The van der Waals surface area contributed by atoms with Crippen molar-refractivity contribution >= 4 is 0 Å². The molecule has 0 fully saturated rings. The summed E-state index contributed by atoms with van der Waals surface area (Å²) in [5.41, 5.74) is 4.39. The Labute approximate surface area is 125 Å². The van der Waals surface area contributed by atoms with Crippen LogP contribution in [0.2, 0.25) is 0 Å². The van der Waals surface area contributed by atoms with Crippen molar-refractivity contribution in [2.45, 2.75) is 34.6 Å². The molecule has 0 aromatic heterocycles. The Hall–Kier alpha value is -0.430. The maximum Gasteiger partial charge on any atom is 0 e. The molecule has 0 amide bonds. The van der Waals surface area contributed by atoms with Crippen LogP contribution in [0.15, 0.2) is 47.1 Å². The number of rotatable bonds is 0. The van der Waals surface area contributed by atoms with Crippen molar-refractivity contribution in [3.8, 4) is 0 Å². The van der Waals surface area contributed by atoms with E-state index in [0.29, 0.717) is 0 Å². The average Bonchev–Trinajstić information content (AvgIpc) is 2.45. The van der Waals surface area contributed by atoms with E-state index in [1.54, 1.807) is 0 Å². The molecule has 0 spiro atoms. The molecular weight excluding hydrogens is 371 g/mol. The first-order valence-electron chi connectivity index (χ1n) is 5.66. The molecule has 0 unspecified atom stereocenters. The summed E-state index contributed by atoms with van der Waals surface area (Å²) in [5, 5.41) is 0. The molecule has 0 atom stereocenters. The third-order valence-electron chi connectivity index (χ3n) is 3.17. The standard InChI is InChI=1S/C10H15.C6H5.Hf/c1-7-6-10(4,5)9(3)8(7)2;1-2-4-6-5-3-1;/h1-5H3;1-5H;/q2*-1;. The van der Waals surface area contributed by atoms with Crippen LogP contribution in [0.5, 0.6) is 0 Å². The molecule has 1 aliphatic rings. The molecule has 0 aliphatic heterocycles. The van der Waals surface area contributed by atoms with E-state index in [-0.39, 0.29) is 31.3 Å². The zero-order chi connectivity index (χ0) is 12.2. The number of allylic oxidation sites excluding steroid dienone is 4. The summed E-state index contributed by atoms with van der Waals surface area (Å²) in [5.74, 6) is 0. The van der Waals surface area contributed by atoms with Gasteiger partial charge in [0.2, 0.25) is 0 Å². The Bertz CT molecular complexity index is 370. The van der Waals surface area contributed by atoms with E-state index in [1.807, 2.05) is 30.3 Å². The van der Waals surface area contributed by atoms with Gasteiger partial charge in [0.1, 0.15) is 0 Å². The van der Waals surface area contributed by atoms with E-state index in [2.05, 4.69) is 46.8 Å². The third kappa shape index (κ3) is 4.75. The topological polar surface area (TPSA) is 0 Å². The summed E-state index contributed by atoms with van der Waals surface area (Å²) in [6.07, 6.45) is 3.44. The predicted molar refractivity (Wildman–Crippen MR) is 69.9 cm³/mol. The Kier molecular flexibility index (Phi) is 6.92. The van der Waals surface area contributed by atoms with Crippen molar-refractivity contribution < 1.29 is 25.8 Å². The maximum absolute atomic E-state index is 3.44. The van der Waals surface area contributed by atoms with Crippen LogP contribution < -0.4 is 0 Å². The van der Waals surface area contributed by atoms with Gasteiger partial charge >= 0.3 is 0 Å². The van der Waals surface area contributed by atoms with Crippen LogP contribution in [0.25, 0.3) is 0 Å². The molecule has 1 aromatic rings. The van der Waals surface area contributed by atoms with Crippen molar-refractivity contribution in [2.24, 2.45) is 5.41 Å². The molecule has 0 nitrogen and oxygen atoms in total. The first kappa shape index (κ1) is 16.6. The first-order valence-corrected chi connectivity index (χ1v) is 5.66. The van der Waals surface area contributed by atoms with Gasteiger partial charge in [-0.3, -0.25) is 6.08 Å². The molecule has 17 heavy (non-hydrogen) atoms. The Morgan fingerprint density at radius 2 is 1.47 bits per heavy atom. The first-order chi connectivity index (χ1) is 7.45. The fourth-order valence-electron chi connectivity index (χ4n) is 1.75. The van der Waals surface area contributed by atoms with Crippen LogP contribution in [0.3, 0.4) is 0 Å². The van der Waals surface area contributed by atoms with Crippen LogP contribution in [-0.4, -0.2) is 0 Å². The van der Waals surface area contributed by atoms with E-state index < -0.39 is 0 Å². The van der Waals surface area contributed by atoms with Gasteiger partial charge in [0.05, 0.1) is 0 Å². The van der Waals surface area contributed by atoms with E-state index in [0.717, 1.165) is 0 Å². The summed E-state index contributed by atoms with van der Waals surface area (Å²) in [6.45, 7) is 10.9. The van der Waals surface area contributed by atoms with Crippen LogP contribution in [0.1, 0.15) is 34.6 Å². The Balaban J connectivity index is 0.000000316. The van der Waals surface area contributed by atoms with Gasteiger partial charge in [0.25, 0.3) is 0 Å². The molecule has 1 aromatic carbocycles. The van der Waals surface area contributed by atoms with Crippen molar-refractivity contribution in [3.63, 3.8) is 0 Å². The van der Waals surface area contributed by atoms with Crippen LogP contribution in [-0.2, 0) is 25.8 Å². The van der Waals surface area contributed by atoms with Crippen molar-refractivity contribution in [1.29, 1.82) is 0 Å². The van der Waals surface area contributed by atoms with Crippen LogP contribution in [0.4, 0.5) is 0 Å². The average molecular weight is 391 g/mol. The third-order valence-corrected chi connectivity index (χ3v) is 3.17. The molecule has 0 radical (unpaired) electrons. The van der Waals surface area contributed by atoms with Gasteiger partial charge in [-0.2, -0.15) is 47.5 Å². The second-order valence-electron chi connectivity index (χ2n) is 4.70. The summed E-state index contributed by atoms with van der Waals surface area (Å²) >= 11 is 0. The number of benzene rings is 1. The smallest absolute Gasteiger partial charge is 0 e. The van der Waals surface area contributed by atoms with Gasteiger partial charge in [0, 0.05) is 25.8 Å². The minimum absolute atomic E-state index is 0. The van der Waals surface area contributed by atoms with E-state index in [1.165, 1.54) is 16.7 Å². The SMILES string of the molecule is CC1=[C-]C(C)(C)C(C)=C1C.[Hf].[c-]1ccccc1. The second kappa shape index (κ2) is 7.10. The Morgan fingerprint density at radius 1 is 0.941 bits per heavy atom. The van der Waals surface area contributed by atoms with Crippen molar-refractivity contribution in [2.75, 3.05) is 0 Å². The number of hydrogen-bond donors (Lipinski definition) is 0. The maximum atomic E-state index is 3.44. The van der Waals surface area contributed by atoms with Gasteiger partial charge < -0.3 is 0 Å². The van der Waals surface area contributed by atoms with Gasteiger partial charge in [-0.05, 0) is 0 Å². The molecule has 0 saturated heterocycles. The van der Waals surface area contributed by atoms with Gasteiger partial charge in [-0.15, -0.1) is 6.92 Å². The normalized spacial score (nSPS) is 16.6. The van der Waals surface area contributed by atoms with Crippen molar-refractivity contribution in [3.05, 3.63) is 59.2 Å². The fraction of sp³-hybridized carbons (Fsp3) is 0.375. The summed E-state index contributed by atoms with van der Waals surface area (Å²) in [6, 6.07) is 12.5. The van der Waals surface area contributed by atoms with Gasteiger partial charge in [-0.25, -0.2) is 5.57 Å². The molecule has 0 N–H and O–H groups in total. The zero-order valence-corrected chi connectivity index (χ0v) is 15.0. The number of hydrogen-bond acceptors (Lipinski definition) is 0. The largest absolute Gasteiger partial charge is 0.263 e. The Morgan fingerprint density at radius 3 is 1.59 bits per heavy atom. The van der Waals surface area contributed by atoms with Crippen molar-refractivity contribution in [1.82, 2.24) is 0 Å². The van der Waals surface area contributed by atoms with Gasteiger partial charge in [0.15, 0.2) is 0 Å². The molecule has 0 bridgehead atoms. The van der Waals surface area contributed by atoms with E-state index in [4.69, 9.17) is 0 Å². The fourth-order valence-corrected chi connectivity index (χ4v) is 1.75.